The highest BCUT2D eigenvalue weighted by Gasteiger charge is 2.29. The summed E-state index contributed by atoms with van der Waals surface area (Å²) >= 11 is 0. The van der Waals surface area contributed by atoms with Gasteiger partial charge in [-0.2, -0.15) is 0 Å². The molecule has 26 heavy (non-hydrogen) atoms. The van der Waals surface area contributed by atoms with Gasteiger partial charge in [-0.05, 0) is 44.7 Å². The summed E-state index contributed by atoms with van der Waals surface area (Å²) in [7, 11) is 0. The Bertz CT molecular complexity index is 767. The number of rotatable bonds is 2. The number of nitrogens with zero attached hydrogens (tertiary/aromatic N) is 4. The molecule has 1 unspecified atom stereocenters. The molecule has 1 atom stereocenters. The van der Waals surface area contributed by atoms with Gasteiger partial charge in [0.05, 0.1) is 0 Å². The van der Waals surface area contributed by atoms with Crippen LogP contribution in [0, 0.1) is 6.92 Å². The van der Waals surface area contributed by atoms with Crippen molar-refractivity contribution in [2.24, 2.45) is 0 Å². The molecule has 2 aliphatic heterocycles. The molecule has 0 bridgehead atoms. The summed E-state index contributed by atoms with van der Waals surface area (Å²) in [6.07, 6.45) is 6.77. The minimum atomic E-state index is -0.0193. The Labute approximate surface area is 154 Å². The fourth-order valence-electron chi connectivity index (χ4n) is 4.02. The Balaban J connectivity index is 1.45. The van der Waals surface area contributed by atoms with Crippen molar-refractivity contribution >= 4 is 11.7 Å². The number of carbonyl (C=O) groups is 1. The van der Waals surface area contributed by atoms with Crippen molar-refractivity contribution < 1.29 is 4.79 Å². The van der Waals surface area contributed by atoms with E-state index in [-0.39, 0.29) is 11.9 Å². The molecule has 1 aromatic heterocycles. The van der Waals surface area contributed by atoms with Gasteiger partial charge >= 0.3 is 6.03 Å². The molecule has 1 fully saturated rings. The van der Waals surface area contributed by atoms with Crippen LogP contribution in [-0.2, 0) is 13.0 Å². The van der Waals surface area contributed by atoms with Gasteiger partial charge in [0.15, 0.2) is 0 Å². The molecule has 0 spiro atoms. The summed E-state index contributed by atoms with van der Waals surface area (Å²) in [6, 6.07) is 7.91. The first kappa shape index (κ1) is 17.1. The summed E-state index contributed by atoms with van der Waals surface area (Å²) in [5, 5.41) is 12.0. The van der Waals surface area contributed by atoms with Gasteiger partial charge < -0.3 is 14.8 Å². The van der Waals surface area contributed by atoms with Gasteiger partial charge in [0.2, 0.25) is 0 Å². The third-order valence-corrected chi connectivity index (χ3v) is 5.51. The molecular weight excluding hydrogens is 326 g/mol. The van der Waals surface area contributed by atoms with E-state index in [9.17, 15) is 4.79 Å². The Kier molecular flexibility index (Phi) is 4.91. The molecule has 138 valence electrons. The van der Waals surface area contributed by atoms with E-state index in [4.69, 9.17) is 0 Å². The number of fused-ring (bicyclic) bond motifs is 1. The lowest BCUT2D eigenvalue weighted by atomic mass is 9.97. The predicted molar refractivity (Wildman–Crippen MR) is 101 cm³/mol. The molecule has 2 amide bonds. The van der Waals surface area contributed by atoms with E-state index < -0.39 is 0 Å². The monoisotopic (exact) mass is 353 g/mol. The van der Waals surface area contributed by atoms with Crippen molar-refractivity contribution in [2.75, 3.05) is 18.4 Å². The van der Waals surface area contributed by atoms with Crippen LogP contribution in [0.25, 0.3) is 0 Å². The number of amides is 2. The van der Waals surface area contributed by atoms with Gasteiger partial charge in [-0.15, -0.1) is 10.2 Å². The molecule has 6 nitrogen and oxygen atoms in total. The van der Waals surface area contributed by atoms with Gasteiger partial charge in [-0.1, -0.05) is 24.1 Å². The molecule has 0 radical (unpaired) electrons. The van der Waals surface area contributed by atoms with Crippen molar-refractivity contribution in [2.45, 2.75) is 57.9 Å². The largest absolute Gasteiger partial charge is 0.324 e. The maximum Gasteiger partial charge on any atom is 0.321 e. The van der Waals surface area contributed by atoms with E-state index >= 15 is 0 Å². The number of hydrogen-bond donors (Lipinski definition) is 1. The molecule has 0 saturated carbocycles. The average molecular weight is 353 g/mol. The summed E-state index contributed by atoms with van der Waals surface area (Å²) in [4.78, 5) is 14.6. The third-order valence-electron chi connectivity index (χ3n) is 5.51. The number of hydrogen-bond acceptors (Lipinski definition) is 3. The van der Waals surface area contributed by atoms with E-state index in [1.807, 2.05) is 36.1 Å². The van der Waals surface area contributed by atoms with Crippen molar-refractivity contribution in [3.05, 3.63) is 41.5 Å². The third kappa shape index (κ3) is 3.59. The second kappa shape index (κ2) is 7.48. The number of likely N-dealkylation sites (tertiary alicyclic amines) is 1. The Morgan fingerprint density at radius 3 is 2.77 bits per heavy atom. The van der Waals surface area contributed by atoms with E-state index in [2.05, 4.69) is 20.1 Å². The highest BCUT2D eigenvalue weighted by atomic mass is 16.2. The predicted octanol–water partition coefficient (Wildman–Crippen LogP) is 3.72. The van der Waals surface area contributed by atoms with Crippen LogP contribution in [0.4, 0.5) is 10.5 Å². The molecular formula is C20H27N5O. The summed E-state index contributed by atoms with van der Waals surface area (Å²) in [5.74, 6) is 2.49. The highest BCUT2D eigenvalue weighted by Crippen LogP contribution is 2.28. The normalized spacial score (nSPS) is 20.3. The first-order valence-electron chi connectivity index (χ1n) is 9.75. The molecule has 0 aliphatic carbocycles. The lowest BCUT2D eigenvalue weighted by molar-refractivity contribution is 0.190. The number of nitrogens with one attached hydrogen (secondary N) is 1. The maximum absolute atomic E-state index is 12.7. The van der Waals surface area contributed by atoms with Gasteiger partial charge in [-0.3, -0.25) is 0 Å². The number of piperidine rings is 1. The van der Waals surface area contributed by atoms with Crippen LogP contribution in [0.5, 0.6) is 0 Å². The summed E-state index contributed by atoms with van der Waals surface area (Å²) < 4.78 is 2.32. The number of benzene rings is 1. The quantitative estimate of drug-likeness (QED) is 0.895. The van der Waals surface area contributed by atoms with E-state index in [1.54, 1.807) is 0 Å². The van der Waals surface area contributed by atoms with Crippen LogP contribution in [0.2, 0.25) is 0 Å². The zero-order valence-corrected chi connectivity index (χ0v) is 15.4. The minimum Gasteiger partial charge on any atom is -0.324 e. The fraction of sp³-hybridized carbons (Fsp3) is 0.550. The molecule has 1 aromatic carbocycles. The zero-order valence-electron chi connectivity index (χ0n) is 15.4. The number of carbonyl (C=O) groups excluding carboxylic acids is 1. The number of anilines is 1. The molecule has 1 N–H and O–H groups in total. The first-order valence-corrected chi connectivity index (χ1v) is 9.75. The lowest BCUT2D eigenvalue weighted by Gasteiger charge is -2.32. The molecule has 6 heteroatoms. The van der Waals surface area contributed by atoms with Crippen molar-refractivity contribution in [1.29, 1.82) is 0 Å². The second-order valence-corrected chi connectivity index (χ2v) is 7.52. The highest BCUT2D eigenvalue weighted by molar-refractivity contribution is 5.89. The molecule has 2 aromatic rings. The smallest absolute Gasteiger partial charge is 0.321 e. The standard InChI is InChI=1S/C20H27N5O/c1-15-8-10-17(11-9-15)21-20(26)24-12-5-6-16(14-24)19-23-22-18-7-3-2-4-13-25(18)19/h8-11,16H,2-7,12-14H2,1H3,(H,21,26). The van der Waals surface area contributed by atoms with Crippen molar-refractivity contribution in [1.82, 2.24) is 19.7 Å². The van der Waals surface area contributed by atoms with Crippen molar-refractivity contribution in [3.8, 4) is 0 Å². The van der Waals surface area contributed by atoms with Crippen LogP contribution in [-0.4, -0.2) is 38.8 Å². The minimum absolute atomic E-state index is 0.0193. The first-order chi connectivity index (χ1) is 12.7. The van der Waals surface area contributed by atoms with Crippen LogP contribution < -0.4 is 5.32 Å². The van der Waals surface area contributed by atoms with E-state index in [1.165, 1.54) is 24.8 Å². The zero-order chi connectivity index (χ0) is 17.9. The Morgan fingerprint density at radius 2 is 1.92 bits per heavy atom. The number of aromatic nitrogens is 3. The van der Waals surface area contributed by atoms with E-state index in [0.29, 0.717) is 0 Å². The van der Waals surface area contributed by atoms with E-state index in [0.717, 1.165) is 56.2 Å². The van der Waals surface area contributed by atoms with Crippen LogP contribution in [0.3, 0.4) is 0 Å². The topological polar surface area (TPSA) is 63.1 Å². The maximum atomic E-state index is 12.7. The van der Waals surface area contributed by atoms with Gasteiger partial charge in [0.1, 0.15) is 11.6 Å². The van der Waals surface area contributed by atoms with Crippen molar-refractivity contribution in [3.63, 3.8) is 0 Å². The Hall–Kier alpha value is -2.37. The Morgan fingerprint density at radius 1 is 1.08 bits per heavy atom. The van der Waals surface area contributed by atoms with Crippen LogP contribution >= 0.6 is 0 Å². The second-order valence-electron chi connectivity index (χ2n) is 7.52. The van der Waals surface area contributed by atoms with Gasteiger partial charge in [0, 0.05) is 37.7 Å². The SMILES string of the molecule is Cc1ccc(NC(=O)N2CCCC(c3nnc4n3CCCCC4)C2)cc1. The average Bonchev–Trinajstić information content (AvgIpc) is 2.92. The van der Waals surface area contributed by atoms with Gasteiger partial charge in [0.25, 0.3) is 0 Å². The molecule has 4 rings (SSSR count). The lowest BCUT2D eigenvalue weighted by Crippen LogP contribution is -2.42. The molecule has 3 heterocycles. The van der Waals surface area contributed by atoms with Gasteiger partial charge in [-0.25, -0.2) is 4.79 Å². The number of urea groups is 1. The fourth-order valence-corrected chi connectivity index (χ4v) is 4.02. The van der Waals surface area contributed by atoms with Crippen LogP contribution in [0.15, 0.2) is 24.3 Å². The number of aryl methyl sites for hydroxylation is 2. The van der Waals surface area contributed by atoms with Crippen LogP contribution in [0.1, 0.15) is 55.2 Å². The molecule has 1 saturated heterocycles. The summed E-state index contributed by atoms with van der Waals surface area (Å²) in [6.45, 7) is 4.58. The molecule has 2 aliphatic rings. The summed E-state index contributed by atoms with van der Waals surface area (Å²) in [5.41, 5.74) is 2.03.